The lowest BCUT2D eigenvalue weighted by molar-refractivity contribution is -0.137. The highest BCUT2D eigenvalue weighted by atomic mass is 19.4. The Kier molecular flexibility index (Phi) is 5.66. The van der Waals surface area contributed by atoms with Crippen LogP contribution in [0.15, 0.2) is 60.7 Å². The molecule has 0 atom stereocenters. The third-order valence-electron chi connectivity index (χ3n) is 4.62. The minimum absolute atomic E-state index is 0.214. The van der Waals surface area contributed by atoms with Gasteiger partial charge in [-0.1, -0.05) is 36.4 Å². The van der Waals surface area contributed by atoms with Crippen LogP contribution in [0.2, 0.25) is 0 Å². The molecule has 3 nitrogen and oxygen atoms in total. The SMILES string of the molecule is COCC(C)(C)NC(=O)c1ccc2c(-c3ccc(C(F)(F)F)cc3)cccc2c1. The van der Waals surface area contributed by atoms with Gasteiger partial charge in [-0.05, 0) is 60.0 Å². The van der Waals surface area contributed by atoms with Gasteiger partial charge in [0.15, 0.2) is 0 Å². The van der Waals surface area contributed by atoms with Crippen molar-refractivity contribution in [1.82, 2.24) is 5.32 Å². The Morgan fingerprint density at radius 3 is 2.31 bits per heavy atom. The van der Waals surface area contributed by atoms with Crippen LogP contribution in [0.4, 0.5) is 13.2 Å². The Balaban J connectivity index is 1.94. The number of hydrogen-bond acceptors (Lipinski definition) is 2. The monoisotopic (exact) mass is 401 g/mol. The summed E-state index contributed by atoms with van der Waals surface area (Å²) < 4.78 is 43.6. The zero-order valence-corrected chi connectivity index (χ0v) is 16.4. The standard InChI is InChI=1S/C23H22F3NO2/c1-22(2,14-29-3)27-21(28)17-9-12-20-16(13-17)5-4-6-19(20)15-7-10-18(11-8-15)23(24,25)26/h4-13H,14H2,1-3H3,(H,27,28). The molecule has 0 aliphatic carbocycles. The van der Waals surface area contributed by atoms with Crippen molar-refractivity contribution in [2.75, 3.05) is 13.7 Å². The molecule has 0 saturated heterocycles. The van der Waals surface area contributed by atoms with Crippen molar-refractivity contribution in [1.29, 1.82) is 0 Å². The Hall–Kier alpha value is -2.86. The molecule has 0 unspecified atom stereocenters. The van der Waals surface area contributed by atoms with Gasteiger partial charge >= 0.3 is 6.18 Å². The Morgan fingerprint density at radius 1 is 1.00 bits per heavy atom. The summed E-state index contributed by atoms with van der Waals surface area (Å²) in [6, 6.07) is 16.0. The van der Waals surface area contributed by atoms with Crippen LogP contribution in [0.3, 0.4) is 0 Å². The molecule has 6 heteroatoms. The van der Waals surface area contributed by atoms with Crippen LogP contribution < -0.4 is 5.32 Å². The smallest absolute Gasteiger partial charge is 0.382 e. The minimum atomic E-state index is -4.36. The Morgan fingerprint density at radius 2 is 1.69 bits per heavy atom. The van der Waals surface area contributed by atoms with Crippen LogP contribution >= 0.6 is 0 Å². The first-order valence-corrected chi connectivity index (χ1v) is 9.12. The summed E-state index contributed by atoms with van der Waals surface area (Å²) in [6.07, 6.45) is -4.36. The molecule has 0 aliphatic rings. The quantitative estimate of drug-likeness (QED) is 0.597. The molecule has 152 valence electrons. The summed E-state index contributed by atoms with van der Waals surface area (Å²) in [4.78, 5) is 12.6. The zero-order valence-electron chi connectivity index (χ0n) is 16.4. The zero-order chi connectivity index (χ0) is 21.2. The first-order valence-electron chi connectivity index (χ1n) is 9.12. The molecule has 3 aromatic rings. The number of halogens is 3. The van der Waals surface area contributed by atoms with Crippen LogP contribution in [0, 0.1) is 0 Å². The molecule has 0 aromatic heterocycles. The lowest BCUT2D eigenvalue weighted by Gasteiger charge is -2.25. The number of methoxy groups -OCH3 is 1. The maximum atomic E-state index is 12.8. The van der Waals surface area contributed by atoms with E-state index in [4.69, 9.17) is 4.74 Å². The number of ether oxygens (including phenoxy) is 1. The number of carbonyl (C=O) groups is 1. The number of nitrogens with one attached hydrogen (secondary N) is 1. The van der Waals surface area contributed by atoms with Crippen molar-refractivity contribution >= 4 is 16.7 Å². The fourth-order valence-corrected chi connectivity index (χ4v) is 3.29. The van der Waals surface area contributed by atoms with Gasteiger partial charge in [-0.3, -0.25) is 4.79 Å². The topological polar surface area (TPSA) is 38.3 Å². The fraction of sp³-hybridized carbons (Fsp3) is 0.261. The molecular weight excluding hydrogens is 379 g/mol. The highest BCUT2D eigenvalue weighted by molar-refractivity contribution is 6.02. The molecule has 0 fully saturated rings. The largest absolute Gasteiger partial charge is 0.416 e. The van der Waals surface area contributed by atoms with E-state index in [9.17, 15) is 18.0 Å². The number of hydrogen-bond donors (Lipinski definition) is 1. The van der Waals surface area contributed by atoms with Crippen molar-refractivity contribution in [2.24, 2.45) is 0 Å². The van der Waals surface area contributed by atoms with E-state index in [1.54, 1.807) is 19.2 Å². The number of benzene rings is 3. The third kappa shape index (κ3) is 4.77. The molecule has 0 spiro atoms. The van der Waals surface area contributed by atoms with Crippen LogP contribution in [0.1, 0.15) is 29.8 Å². The van der Waals surface area contributed by atoms with Gasteiger partial charge in [-0.2, -0.15) is 13.2 Å². The van der Waals surface area contributed by atoms with E-state index in [0.717, 1.165) is 28.5 Å². The highest BCUT2D eigenvalue weighted by Crippen LogP contribution is 2.33. The lowest BCUT2D eigenvalue weighted by Crippen LogP contribution is -2.46. The first kappa shape index (κ1) is 20.9. The molecule has 0 aliphatic heterocycles. The van der Waals surface area contributed by atoms with E-state index in [2.05, 4.69) is 5.32 Å². The lowest BCUT2D eigenvalue weighted by atomic mass is 9.96. The molecular formula is C23H22F3NO2. The molecule has 3 aromatic carbocycles. The summed E-state index contributed by atoms with van der Waals surface area (Å²) in [5, 5.41) is 4.63. The average molecular weight is 401 g/mol. The van der Waals surface area contributed by atoms with Crippen molar-refractivity contribution in [3.63, 3.8) is 0 Å². The van der Waals surface area contributed by atoms with Crippen LogP contribution in [0.25, 0.3) is 21.9 Å². The van der Waals surface area contributed by atoms with Crippen LogP contribution in [-0.4, -0.2) is 25.2 Å². The van der Waals surface area contributed by atoms with Gasteiger partial charge in [0, 0.05) is 12.7 Å². The number of rotatable bonds is 5. The summed E-state index contributed by atoms with van der Waals surface area (Å²) in [5.41, 5.74) is 0.804. The number of alkyl halides is 3. The molecule has 0 radical (unpaired) electrons. The molecule has 3 rings (SSSR count). The van der Waals surface area contributed by atoms with Gasteiger partial charge in [-0.15, -0.1) is 0 Å². The van der Waals surface area contributed by atoms with E-state index >= 15 is 0 Å². The van der Waals surface area contributed by atoms with E-state index in [1.165, 1.54) is 12.1 Å². The van der Waals surface area contributed by atoms with E-state index in [0.29, 0.717) is 17.7 Å². The van der Waals surface area contributed by atoms with Crippen molar-refractivity contribution in [3.05, 3.63) is 71.8 Å². The average Bonchev–Trinajstić information content (AvgIpc) is 2.66. The normalized spacial score (nSPS) is 12.2. The van der Waals surface area contributed by atoms with Crippen molar-refractivity contribution in [3.8, 4) is 11.1 Å². The second kappa shape index (κ2) is 7.87. The van der Waals surface area contributed by atoms with E-state index < -0.39 is 17.3 Å². The number of carbonyl (C=O) groups excluding carboxylic acids is 1. The summed E-state index contributed by atoms with van der Waals surface area (Å²) >= 11 is 0. The Labute approximate surface area is 167 Å². The first-order chi connectivity index (χ1) is 13.6. The number of fused-ring (bicyclic) bond motifs is 1. The molecule has 0 bridgehead atoms. The van der Waals surface area contributed by atoms with Gasteiger partial charge in [0.2, 0.25) is 0 Å². The molecule has 0 saturated carbocycles. The third-order valence-corrected chi connectivity index (χ3v) is 4.62. The van der Waals surface area contributed by atoms with E-state index in [-0.39, 0.29) is 5.91 Å². The summed E-state index contributed by atoms with van der Waals surface area (Å²) in [7, 11) is 1.58. The van der Waals surface area contributed by atoms with E-state index in [1.807, 2.05) is 38.1 Å². The second-order valence-corrected chi connectivity index (χ2v) is 7.59. The van der Waals surface area contributed by atoms with Gasteiger partial charge in [0.05, 0.1) is 17.7 Å². The van der Waals surface area contributed by atoms with Crippen LogP contribution in [-0.2, 0) is 10.9 Å². The predicted octanol–water partition coefficient (Wildman–Crippen LogP) is 5.68. The molecule has 29 heavy (non-hydrogen) atoms. The predicted molar refractivity (Wildman–Crippen MR) is 108 cm³/mol. The molecule has 1 N–H and O–H groups in total. The van der Waals surface area contributed by atoms with Gasteiger partial charge in [0.1, 0.15) is 0 Å². The van der Waals surface area contributed by atoms with Gasteiger partial charge < -0.3 is 10.1 Å². The summed E-state index contributed by atoms with van der Waals surface area (Å²) in [6.45, 7) is 4.13. The second-order valence-electron chi connectivity index (χ2n) is 7.59. The highest BCUT2D eigenvalue weighted by Gasteiger charge is 2.30. The maximum Gasteiger partial charge on any atom is 0.416 e. The fourth-order valence-electron chi connectivity index (χ4n) is 3.29. The minimum Gasteiger partial charge on any atom is -0.382 e. The Bertz CT molecular complexity index is 1020. The van der Waals surface area contributed by atoms with Gasteiger partial charge in [-0.25, -0.2) is 0 Å². The van der Waals surface area contributed by atoms with Crippen LogP contribution in [0.5, 0.6) is 0 Å². The van der Waals surface area contributed by atoms with Gasteiger partial charge in [0.25, 0.3) is 5.91 Å². The number of amides is 1. The van der Waals surface area contributed by atoms with Crippen molar-refractivity contribution in [2.45, 2.75) is 25.6 Å². The molecule has 0 heterocycles. The summed E-state index contributed by atoms with van der Waals surface area (Å²) in [5.74, 6) is -0.214. The van der Waals surface area contributed by atoms with Crippen molar-refractivity contribution < 1.29 is 22.7 Å². The maximum absolute atomic E-state index is 12.8. The molecule has 1 amide bonds.